The zero-order chi connectivity index (χ0) is 14.3. The van der Waals surface area contributed by atoms with Crippen LogP contribution in [0.5, 0.6) is 0 Å². The van der Waals surface area contributed by atoms with Gasteiger partial charge in [0.25, 0.3) is 0 Å². The van der Waals surface area contributed by atoms with Gasteiger partial charge in [-0.15, -0.1) is 11.6 Å². The zero-order valence-corrected chi connectivity index (χ0v) is 12.2. The van der Waals surface area contributed by atoms with Crippen molar-refractivity contribution in [1.82, 2.24) is 9.38 Å². The van der Waals surface area contributed by atoms with Crippen molar-refractivity contribution in [3.63, 3.8) is 0 Å². The van der Waals surface area contributed by atoms with Crippen LogP contribution in [0.25, 0.3) is 16.9 Å². The number of hydrogen-bond donors (Lipinski definition) is 0. The summed E-state index contributed by atoms with van der Waals surface area (Å²) < 4.78 is 15.1. The Morgan fingerprint density at radius 1 is 1.25 bits per heavy atom. The highest BCUT2D eigenvalue weighted by molar-refractivity contribution is 6.31. The molecule has 0 amide bonds. The summed E-state index contributed by atoms with van der Waals surface area (Å²) in [6.07, 6.45) is 1.40. The van der Waals surface area contributed by atoms with E-state index in [4.69, 9.17) is 23.2 Å². The SMILES string of the molecule is Cc1cc(-c2nc3ccc(F)cn3c2CCl)ccc1Cl. The Morgan fingerprint density at radius 3 is 2.75 bits per heavy atom. The largest absolute Gasteiger partial charge is 0.299 e. The molecule has 0 spiro atoms. The van der Waals surface area contributed by atoms with Gasteiger partial charge in [-0.05, 0) is 36.8 Å². The lowest BCUT2D eigenvalue weighted by Gasteiger charge is -2.04. The molecular weight excluding hydrogens is 298 g/mol. The number of aryl methyl sites for hydroxylation is 1. The van der Waals surface area contributed by atoms with Crippen LogP contribution in [0.4, 0.5) is 4.39 Å². The minimum Gasteiger partial charge on any atom is -0.299 e. The van der Waals surface area contributed by atoms with E-state index in [0.717, 1.165) is 22.5 Å². The van der Waals surface area contributed by atoms with Gasteiger partial charge < -0.3 is 0 Å². The number of aromatic nitrogens is 2. The van der Waals surface area contributed by atoms with Gasteiger partial charge >= 0.3 is 0 Å². The highest BCUT2D eigenvalue weighted by atomic mass is 35.5. The lowest BCUT2D eigenvalue weighted by Crippen LogP contribution is -1.92. The van der Waals surface area contributed by atoms with Crippen LogP contribution >= 0.6 is 23.2 Å². The number of pyridine rings is 1. The van der Waals surface area contributed by atoms with E-state index in [1.54, 1.807) is 10.5 Å². The van der Waals surface area contributed by atoms with E-state index < -0.39 is 0 Å². The van der Waals surface area contributed by atoms with Crippen molar-refractivity contribution < 1.29 is 4.39 Å². The van der Waals surface area contributed by atoms with Gasteiger partial charge in [-0.2, -0.15) is 0 Å². The second kappa shape index (κ2) is 5.08. The number of rotatable bonds is 2. The molecule has 0 saturated carbocycles. The van der Waals surface area contributed by atoms with Crippen LogP contribution in [0, 0.1) is 12.7 Å². The van der Waals surface area contributed by atoms with Gasteiger partial charge in [-0.3, -0.25) is 4.40 Å². The Kier molecular flexibility index (Phi) is 3.40. The molecule has 3 rings (SSSR count). The second-order valence-corrected chi connectivity index (χ2v) is 5.25. The Morgan fingerprint density at radius 2 is 2.05 bits per heavy atom. The lowest BCUT2D eigenvalue weighted by atomic mass is 10.1. The number of benzene rings is 1. The first kappa shape index (κ1) is 13.4. The average molecular weight is 309 g/mol. The summed E-state index contributed by atoms with van der Waals surface area (Å²) in [6, 6.07) is 8.70. The zero-order valence-electron chi connectivity index (χ0n) is 10.7. The molecule has 3 aromatic rings. The molecule has 5 heteroatoms. The number of alkyl halides is 1. The van der Waals surface area contributed by atoms with Gasteiger partial charge in [0.15, 0.2) is 0 Å². The van der Waals surface area contributed by atoms with Crippen LogP contribution in [0.3, 0.4) is 0 Å². The van der Waals surface area contributed by atoms with Crippen LogP contribution in [-0.2, 0) is 5.88 Å². The summed E-state index contributed by atoms with van der Waals surface area (Å²) in [4.78, 5) is 4.53. The van der Waals surface area contributed by atoms with E-state index in [1.807, 2.05) is 25.1 Å². The molecule has 0 aliphatic carbocycles. The fourth-order valence-electron chi connectivity index (χ4n) is 2.22. The van der Waals surface area contributed by atoms with Crippen molar-refractivity contribution in [1.29, 1.82) is 0 Å². The molecular formula is C15H11Cl2FN2. The molecule has 2 aromatic heterocycles. The summed E-state index contributed by atoms with van der Waals surface area (Å²) in [5.74, 6) is -0.0677. The van der Waals surface area contributed by atoms with Crippen molar-refractivity contribution in [2.24, 2.45) is 0 Å². The van der Waals surface area contributed by atoms with Gasteiger partial charge in [0.05, 0.1) is 17.3 Å². The number of imidazole rings is 1. The van der Waals surface area contributed by atoms with Gasteiger partial charge in [0, 0.05) is 16.8 Å². The molecule has 0 saturated heterocycles. The summed E-state index contributed by atoms with van der Waals surface area (Å²) >= 11 is 12.1. The predicted molar refractivity (Wildman–Crippen MR) is 79.9 cm³/mol. The van der Waals surface area contributed by atoms with Gasteiger partial charge in [-0.1, -0.05) is 17.7 Å². The lowest BCUT2D eigenvalue weighted by molar-refractivity contribution is 0.618. The van der Waals surface area contributed by atoms with E-state index in [-0.39, 0.29) is 11.7 Å². The van der Waals surface area contributed by atoms with Crippen molar-refractivity contribution in [3.8, 4) is 11.3 Å². The Balaban J connectivity index is 2.27. The molecule has 0 aliphatic rings. The highest BCUT2D eigenvalue weighted by Gasteiger charge is 2.14. The first-order chi connectivity index (χ1) is 9.60. The topological polar surface area (TPSA) is 17.3 Å². The monoisotopic (exact) mass is 308 g/mol. The normalized spacial score (nSPS) is 11.2. The van der Waals surface area contributed by atoms with Crippen LogP contribution in [0.1, 0.15) is 11.3 Å². The number of halogens is 3. The third-order valence-electron chi connectivity index (χ3n) is 3.24. The summed E-state index contributed by atoms with van der Waals surface area (Å²) in [5, 5.41) is 0.705. The van der Waals surface area contributed by atoms with E-state index in [1.165, 1.54) is 12.3 Å². The predicted octanol–water partition coefficient (Wildman–Crippen LogP) is 4.84. The minimum absolute atomic E-state index is 0.252. The smallest absolute Gasteiger partial charge is 0.139 e. The summed E-state index contributed by atoms with van der Waals surface area (Å²) in [7, 11) is 0. The maximum Gasteiger partial charge on any atom is 0.139 e. The molecule has 1 aromatic carbocycles. The summed E-state index contributed by atoms with van der Waals surface area (Å²) in [5.41, 5.74) is 4.08. The maximum absolute atomic E-state index is 13.4. The molecule has 2 nitrogen and oxygen atoms in total. The number of fused-ring (bicyclic) bond motifs is 1. The van der Waals surface area contributed by atoms with Gasteiger partial charge in [0.2, 0.25) is 0 Å². The van der Waals surface area contributed by atoms with Crippen LogP contribution in [0.2, 0.25) is 5.02 Å². The number of nitrogens with zero attached hydrogens (tertiary/aromatic N) is 2. The molecule has 0 radical (unpaired) electrons. The van der Waals surface area contributed by atoms with Crippen LogP contribution in [0.15, 0.2) is 36.5 Å². The molecule has 0 bridgehead atoms. The van der Waals surface area contributed by atoms with E-state index in [0.29, 0.717) is 10.7 Å². The molecule has 2 heterocycles. The van der Waals surface area contributed by atoms with E-state index in [9.17, 15) is 4.39 Å². The van der Waals surface area contributed by atoms with E-state index in [2.05, 4.69) is 4.98 Å². The molecule has 0 aliphatic heterocycles. The third kappa shape index (κ3) is 2.17. The minimum atomic E-state index is -0.319. The first-order valence-electron chi connectivity index (χ1n) is 6.09. The van der Waals surface area contributed by atoms with E-state index >= 15 is 0 Å². The van der Waals surface area contributed by atoms with Crippen LogP contribution in [-0.4, -0.2) is 9.38 Å². The van der Waals surface area contributed by atoms with Gasteiger partial charge in [-0.25, -0.2) is 9.37 Å². The molecule has 20 heavy (non-hydrogen) atoms. The van der Waals surface area contributed by atoms with Gasteiger partial charge in [0.1, 0.15) is 11.5 Å². The first-order valence-corrected chi connectivity index (χ1v) is 7.00. The Bertz CT molecular complexity index is 796. The number of hydrogen-bond acceptors (Lipinski definition) is 1. The Labute approximate surface area is 125 Å². The van der Waals surface area contributed by atoms with Crippen molar-refractivity contribution in [3.05, 3.63) is 58.6 Å². The fraction of sp³-hybridized carbons (Fsp3) is 0.133. The molecule has 0 fully saturated rings. The van der Waals surface area contributed by atoms with Crippen molar-refractivity contribution in [2.75, 3.05) is 0 Å². The fourth-order valence-corrected chi connectivity index (χ4v) is 2.59. The third-order valence-corrected chi connectivity index (χ3v) is 3.92. The average Bonchev–Trinajstić information content (AvgIpc) is 2.79. The molecule has 102 valence electrons. The molecule has 0 atom stereocenters. The molecule has 0 unspecified atom stereocenters. The van der Waals surface area contributed by atoms with Crippen molar-refractivity contribution in [2.45, 2.75) is 12.8 Å². The standard InChI is InChI=1S/C15H11Cl2FN2/c1-9-6-10(2-4-12(9)17)15-13(7-16)20-8-11(18)3-5-14(20)19-15/h2-6,8H,7H2,1H3. The summed E-state index contributed by atoms with van der Waals surface area (Å²) in [6.45, 7) is 1.93. The highest BCUT2D eigenvalue weighted by Crippen LogP contribution is 2.28. The second-order valence-electron chi connectivity index (χ2n) is 4.58. The Hall–Kier alpha value is -1.58. The quantitative estimate of drug-likeness (QED) is 0.619. The molecule has 0 N–H and O–H groups in total. The van der Waals surface area contributed by atoms with Crippen LogP contribution < -0.4 is 0 Å². The van der Waals surface area contributed by atoms with Crippen molar-refractivity contribution >= 4 is 28.8 Å². The maximum atomic E-state index is 13.4.